The van der Waals surface area contributed by atoms with Gasteiger partial charge in [0.15, 0.2) is 11.5 Å². The van der Waals surface area contributed by atoms with Gasteiger partial charge in [0.05, 0.1) is 19.7 Å². The van der Waals surface area contributed by atoms with Crippen LogP contribution in [-0.2, 0) is 16.1 Å². The quantitative estimate of drug-likeness (QED) is 0.497. The molecule has 0 saturated carbocycles. The Hall–Kier alpha value is -3.34. The second kappa shape index (κ2) is 8.16. The van der Waals surface area contributed by atoms with E-state index >= 15 is 0 Å². The van der Waals surface area contributed by atoms with Crippen LogP contribution in [0.1, 0.15) is 11.1 Å². The number of nitrogens with zero attached hydrogens (tertiary/aromatic N) is 1. The molecule has 0 fully saturated rings. The first-order valence-electron chi connectivity index (χ1n) is 8.11. The molecule has 26 heavy (non-hydrogen) atoms. The number of esters is 1. The molecule has 2 aromatic carbocycles. The molecule has 0 saturated heterocycles. The van der Waals surface area contributed by atoms with Crippen LogP contribution in [0.4, 0.5) is 0 Å². The molecule has 1 aromatic heterocycles. The van der Waals surface area contributed by atoms with Gasteiger partial charge < -0.3 is 14.2 Å². The van der Waals surface area contributed by atoms with E-state index in [2.05, 4.69) is 9.72 Å². The van der Waals surface area contributed by atoms with Crippen molar-refractivity contribution in [3.8, 4) is 11.5 Å². The number of hydrogen-bond donors (Lipinski definition) is 0. The molecule has 5 heteroatoms. The van der Waals surface area contributed by atoms with Crippen molar-refractivity contribution >= 4 is 22.9 Å². The summed E-state index contributed by atoms with van der Waals surface area (Å²) < 4.78 is 15.9. The van der Waals surface area contributed by atoms with E-state index in [1.165, 1.54) is 13.2 Å². The van der Waals surface area contributed by atoms with Crippen LogP contribution in [0.15, 0.2) is 60.8 Å². The Morgan fingerprint density at radius 3 is 2.73 bits per heavy atom. The summed E-state index contributed by atoms with van der Waals surface area (Å²) in [6, 6.07) is 15.4. The third-order valence-corrected chi connectivity index (χ3v) is 3.90. The Morgan fingerprint density at radius 1 is 1.08 bits per heavy atom. The topological polar surface area (TPSA) is 57.7 Å². The highest BCUT2D eigenvalue weighted by Crippen LogP contribution is 2.30. The van der Waals surface area contributed by atoms with Crippen molar-refractivity contribution in [2.45, 2.75) is 6.61 Å². The molecule has 1 heterocycles. The van der Waals surface area contributed by atoms with Crippen molar-refractivity contribution in [2.24, 2.45) is 0 Å². The fourth-order valence-electron chi connectivity index (χ4n) is 2.58. The van der Waals surface area contributed by atoms with E-state index < -0.39 is 5.97 Å². The number of carbonyl (C=O) groups is 1. The van der Waals surface area contributed by atoms with Crippen molar-refractivity contribution in [2.75, 3.05) is 14.2 Å². The molecular weight excluding hydrogens is 330 g/mol. The van der Waals surface area contributed by atoms with Gasteiger partial charge in [-0.1, -0.05) is 30.3 Å². The summed E-state index contributed by atoms with van der Waals surface area (Å²) in [7, 11) is 2.92. The zero-order valence-corrected chi connectivity index (χ0v) is 14.6. The van der Waals surface area contributed by atoms with Crippen LogP contribution in [0.5, 0.6) is 11.5 Å². The second-order valence-corrected chi connectivity index (χ2v) is 5.55. The molecule has 0 atom stereocenters. The summed E-state index contributed by atoms with van der Waals surface area (Å²) in [6.45, 7) is 0.377. The van der Waals surface area contributed by atoms with Crippen molar-refractivity contribution in [3.05, 3.63) is 71.9 Å². The first-order chi connectivity index (χ1) is 12.7. The first kappa shape index (κ1) is 17.5. The van der Waals surface area contributed by atoms with Crippen molar-refractivity contribution in [1.82, 2.24) is 4.98 Å². The van der Waals surface area contributed by atoms with Gasteiger partial charge in [-0.15, -0.1) is 0 Å². The number of benzene rings is 2. The Bertz CT molecular complexity index is 944. The Balaban J connectivity index is 1.79. The van der Waals surface area contributed by atoms with Crippen LogP contribution in [0.25, 0.3) is 17.0 Å². The van der Waals surface area contributed by atoms with E-state index in [0.29, 0.717) is 18.1 Å². The third kappa shape index (κ3) is 4.00. The minimum Gasteiger partial charge on any atom is -0.493 e. The molecule has 132 valence electrons. The summed E-state index contributed by atoms with van der Waals surface area (Å²) in [6.07, 6.45) is 4.79. The number of ether oxygens (including phenoxy) is 3. The molecule has 0 radical (unpaired) electrons. The fraction of sp³-hybridized carbons (Fsp3) is 0.143. The standard InChI is InChI=1S/C21H19NO4/c1-24-19-13-15(9-11-20(23)25-2)8-10-18(19)26-14-17-6-3-5-16-7-4-12-22-21(16)17/h3-13H,14H2,1-2H3/b11-9+. The van der Waals surface area contributed by atoms with Crippen molar-refractivity contribution in [1.29, 1.82) is 0 Å². The molecular formula is C21H19NO4. The molecule has 0 amide bonds. The van der Waals surface area contributed by atoms with E-state index in [0.717, 1.165) is 22.0 Å². The van der Waals surface area contributed by atoms with E-state index in [4.69, 9.17) is 9.47 Å². The highest BCUT2D eigenvalue weighted by Gasteiger charge is 2.08. The van der Waals surface area contributed by atoms with Gasteiger partial charge in [0.25, 0.3) is 0 Å². The van der Waals surface area contributed by atoms with E-state index in [9.17, 15) is 4.79 Å². The lowest BCUT2D eigenvalue weighted by atomic mass is 10.1. The first-order valence-corrected chi connectivity index (χ1v) is 8.11. The molecule has 0 aliphatic rings. The predicted octanol–water partition coefficient (Wildman–Crippen LogP) is 4.01. The van der Waals surface area contributed by atoms with Gasteiger partial charge in [-0.2, -0.15) is 0 Å². The molecule has 0 spiro atoms. The molecule has 5 nitrogen and oxygen atoms in total. The van der Waals surface area contributed by atoms with Crippen molar-refractivity contribution < 1.29 is 19.0 Å². The maximum Gasteiger partial charge on any atom is 0.330 e. The molecule has 0 aliphatic heterocycles. The van der Waals surface area contributed by atoms with Crippen LogP contribution in [-0.4, -0.2) is 25.2 Å². The average Bonchev–Trinajstić information content (AvgIpc) is 2.70. The minimum absolute atomic E-state index is 0.377. The van der Waals surface area contributed by atoms with Crippen LogP contribution in [0.3, 0.4) is 0 Å². The summed E-state index contributed by atoms with van der Waals surface area (Å²) in [4.78, 5) is 15.6. The SMILES string of the molecule is COC(=O)/C=C/c1ccc(OCc2cccc3cccnc23)c(OC)c1. The maximum atomic E-state index is 11.2. The molecule has 0 N–H and O–H groups in total. The van der Waals surface area contributed by atoms with Gasteiger partial charge in [0.2, 0.25) is 0 Å². The van der Waals surface area contributed by atoms with E-state index in [1.807, 2.05) is 42.5 Å². The van der Waals surface area contributed by atoms with E-state index in [1.54, 1.807) is 25.4 Å². The number of rotatable bonds is 6. The number of fused-ring (bicyclic) bond motifs is 1. The van der Waals surface area contributed by atoms with E-state index in [-0.39, 0.29) is 0 Å². The van der Waals surface area contributed by atoms with Gasteiger partial charge in [-0.05, 0) is 29.8 Å². The number of carbonyl (C=O) groups excluding carboxylic acids is 1. The van der Waals surface area contributed by atoms with Gasteiger partial charge in [-0.25, -0.2) is 4.79 Å². The highest BCUT2D eigenvalue weighted by molar-refractivity contribution is 5.87. The lowest BCUT2D eigenvalue weighted by molar-refractivity contribution is -0.134. The van der Waals surface area contributed by atoms with Gasteiger partial charge in [0, 0.05) is 23.2 Å². The third-order valence-electron chi connectivity index (χ3n) is 3.90. The van der Waals surface area contributed by atoms with Crippen LogP contribution in [0.2, 0.25) is 0 Å². The zero-order valence-electron chi connectivity index (χ0n) is 14.6. The van der Waals surface area contributed by atoms with Gasteiger partial charge >= 0.3 is 5.97 Å². The summed E-state index contributed by atoms with van der Waals surface area (Å²) >= 11 is 0. The Labute approximate surface area is 151 Å². The number of hydrogen-bond acceptors (Lipinski definition) is 5. The molecule has 3 rings (SSSR count). The summed E-state index contributed by atoms with van der Waals surface area (Å²) in [5.41, 5.74) is 2.73. The summed E-state index contributed by atoms with van der Waals surface area (Å²) in [5, 5.41) is 1.07. The Morgan fingerprint density at radius 2 is 1.92 bits per heavy atom. The molecule has 0 unspecified atom stereocenters. The second-order valence-electron chi connectivity index (χ2n) is 5.55. The largest absolute Gasteiger partial charge is 0.493 e. The normalized spacial score (nSPS) is 10.8. The number of pyridine rings is 1. The van der Waals surface area contributed by atoms with Crippen LogP contribution in [0, 0.1) is 0 Å². The predicted molar refractivity (Wildman–Crippen MR) is 100 cm³/mol. The fourth-order valence-corrected chi connectivity index (χ4v) is 2.58. The van der Waals surface area contributed by atoms with Crippen LogP contribution >= 0.6 is 0 Å². The lowest BCUT2D eigenvalue weighted by Gasteiger charge is -2.12. The maximum absolute atomic E-state index is 11.2. The number of aromatic nitrogens is 1. The average molecular weight is 349 g/mol. The highest BCUT2D eigenvalue weighted by atomic mass is 16.5. The molecule has 0 aliphatic carbocycles. The zero-order chi connectivity index (χ0) is 18.4. The van der Waals surface area contributed by atoms with Gasteiger partial charge in [-0.3, -0.25) is 4.98 Å². The lowest BCUT2D eigenvalue weighted by Crippen LogP contribution is -1.99. The minimum atomic E-state index is -0.409. The molecule has 3 aromatic rings. The molecule has 0 bridgehead atoms. The monoisotopic (exact) mass is 349 g/mol. The van der Waals surface area contributed by atoms with Crippen molar-refractivity contribution in [3.63, 3.8) is 0 Å². The van der Waals surface area contributed by atoms with Crippen LogP contribution < -0.4 is 9.47 Å². The number of methoxy groups -OCH3 is 2. The number of para-hydroxylation sites is 1. The summed E-state index contributed by atoms with van der Waals surface area (Å²) in [5.74, 6) is 0.800. The Kier molecular flexibility index (Phi) is 5.49. The van der Waals surface area contributed by atoms with Gasteiger partial charge in [0.1, 0.15) is 6.61 Å². The smallest absolute Gasteiger partial charge is 0.330 e.